The Labute approximate surface area is 151 Å². The molecular formula is C15H19Cl2N3O2S. The van der Waals surface area contributed by atoms with E-state index in [1.807, 2.05) is 16.3 Å². The van der Waals surface area contributed by atoms with Crippen LogP contribution < -0.4 is 5.32 Å². The van der Waals surface area contributed by atoms with Crippen molar-refractivity contribution < 1.29 is 9.21 Å². The van der Waals surface area contributed by atoms with Gasteiger partial charge in [0.05, 0.1) is 18.4 Å². The van der Waals surface area contributed by atoms with Crippen LogP contribution in [-0.2, 0) is 11.2 Å². The van der Waals surface area contributed by atoms with Gasteiger partial charge in [-0.1, -0.05) is 0 Å². The lowest BCUT2D eigenvalue weighted by molar-refractivity contribution is -0.129. The summed E-state index contributed by atoms with van der Waals surface area (Å²) in [6, 6.07) is 1.89. The summed E-state index contributed by atoms with van der Waals surface area (Å²) in [5.74, 6) is 1.49. The van der Waals surface area contributed by atoms with E-state index in [9.17, 15) is 4.79 Å². The van der Waals surface area contributed by atoms with Crippen LogP contribution in [0.1, 0.15) is 5.69 Å². The molecule has 0 aromatic carbocycles. The summed E-state index contributed by atoms with van der Waals surface area (Å²) >= 11 is 1.56. The Bertz CT molecular complexity index is 635. The van der Waals surface area contributed by atoms with Crippen LogP contribution in [-0.4, -0.2) is 42.0 Å². The number of furan rings is 1. The van der Waals surface area contributed by atoms with Gasteiger partial charge in [-0.05, 0) is 17.9 Å². The van der Waals surface area contributed by atoms with Crippen molar-refractivity contribution in [1.29, 1.82) is 0 Å². The van der Waals surface area contributed by atoms with Gasteiger partial charge in [0, 0.05) is 37.1 Å². The van der Waals surface area contributed by atoms with Crippen LogP contribution in [0.3, 0.4) is 0 Å². The second-order valence-corrected chi connectivity index (χ2v) is 6.67. The number of hydrogen-bond donors (Lipinski definition) is 1. The molecule has 2 atom stereocenters. The molecule has 2 aliphatic rings. The van der Waals surface area contributed by atoms with E-state index >= 15 is 0 Å². The van der Waals surface area contributed by atoms with E-state index in [-0.39, 0.29) is 30.7 Å². The summed E-state index contributed by atoms with van der Waals surface area (Å²) in [5, 5.41) is 6.28. The number of fused-ring (bicyclic) bond motifs is 1. The number of hydrogen-bond acceptors (Lipinski definition) is 5. The zero-order chi connectivity index (χ0) is 14.2. The quantitative estimate of drug-likeness (QED) is 0.894. The lowest BCUT2D eigenvalue weighted by atomic mass is 10.0. The number of rotatable bonds is 3. The normalized spacial score (nSPS) is 22.3. The Balaban J connectivity index is 0.000000960. The van der Waals surface area contributed by atoms with Crippen molar-refractivity contribution in [3.63, 3.8) is 0 Å². The van der Waals surface area contributed by atoms with Crippen molar-refractivity contribution >= 4 is 42.1 Å². The molecule has 0 radical (unpaired) electrons. The average Bonchev–Trinajstić information content (AvgIpc) is 3.22. The molecule has 4 heterocycles. The van der Waals surface area contributed by atoms with Crippen LogP contribution >= 0.6 is 36.2 Å². The minimum atomic E-state index is 0. The largest absolute Gasteiger partial charge is 0.472 e. The second kappa shape index (κ2) is 7.66. The number of halogens is 2. The third-order valence-corrected chi connectivity index (χ3v) is 5.33. The lowest BCUT2D eigenvalue weighted by Crippen LogP contribution is -2.33. The first-order valence-electron chi connectivity index (χ1n) is 7.25. The SMILES string of the molecule is Cl.Cl.O=C(Cc1csc(-c2ccoc2)n1)N1C[C@H]2CNC[C@H]2C1. The third kappa shape index (κ3) is 3.71. The molecule has 2 aromatic heterocycles. The number of nitrogens with one attached hydrogen (secondary N) is 1. The van der Waals surface area contributed by atoms with Crippen LogP contribution in [0.5, 0.6) is 0 Å². The molecule has 23 heavy (non-hydrogen) atoms. The maximum atomic E-state index is 12.4. The van der Waals surface area contributed by atoms with E-state index in [1.165, 1.54) is 0 Å². The fourth-order valence-electron chi connectivity index (χ4n) is 3.23. The smallest absolute Gasteiger partial charge is 0.228 e. The zero-order valence-corrected chi connectivity index (χ0v) is 14.9. The summed E-state index contributed by atoms with van der Waals surface area (Å²) in [5.41, 5.74) is 1.83. The molecule has 2 fully saturated rings. The van der Waals surface area contributed by atoms with Crippen molar-refractivity contribution in [3.05, 3.63) is 29.7 Å². The first-order valence-corrected chi connectivity index (χ1v) is 8.13. The fourth-order valence-corrected chi connectivity index (χ4v) is 4.04. The van der Waals surface area contributed by atoms with Crippen LogP contribution in [0, 0.1) is 11.8 Å². The average molecular weight is 376 g/mol. The molecule has 1 amide bonds. The molecule has 0 unspecified atom stereocenters. The van der Waals surface area contributed by atoms with Crippen molar-refractivity contribution in [3.8, 4) is 10.6 Å². The van der Waals surface area contributed by atoms with E-state index in [0.29, 0.717) is 18.3 Å². The number of amides is 1. The van der Waals surface area contributed by atoms with Crippen molar-refractivity contribution in [1.82, 2.24) is 15.2 Å². The Morgan fingerprint density at radius 3 is 2.74 bits per heavy atom. The highest BCUT2D eigenvalue weighted by Gasteiger charge is 2.37. The van der Waals surface area contributed by atoms with Crippen molar-refractivity contribution in [2.45, 2.75) is 6.42 Å². The predicted molar refractivity (Wildman–Crippen MR) is 94.4 cm³/mol. The van der Waals surface area contributed by atoms with Crippen LogP contribution in [0.15, 0.2) is 28.4 Å². The standard InChI is InChI=1S/C15H17N3O2S.2ClH/c19-14(18-6-11-4-16-5-12(11)7-18)3-13-9-21-15(17-13)10-1-2-20-8-10;;/h1-2,8-9,11-12,16H,3-7H2;2*1H/t11-,12+;;. The van der Waals surface area contributed by atoms with Gasteiger partial charge in [-0.15, -0.1) is 36.2 Å². The van der Waals surface area contributed by atoms with Crippen LogP contribution in [0.4, 0.5) is 0 Å². The summed E-state index contributed by atoms with van der Waals surface area (Å²) < 4.78 is 5.07. The molecule has 2 aromatic rings. The predicted octanol–water partition coefficient (Wildman–Crippen LogP) is 2.47. The molecule has 0 aliphatic carbocycles. The second-order valence-electron chi connectivity index (χ2n) is 5.81. The van der Waals surface area contributed by atoms with Crippen LogP contribution in [0.2, 0.25) is 0 Å². The molecule has 0 saturated carbocycles. The van der Waals surface area contributed by atoms with E-state index < -0.39 is 0 Å². The fraction of sp³-hybridized carbons (Fsp3) is 0.467. The topological polar surface area (TPSA) is 58.4 Å². The van der Waals surface area contributed by atoms with Gasteiger partial charge in [-0.2, -0.15) is 0 Å². The number of carbonyl (C=O) groups excluding carboxylic acids is 1. The molecule has 4 rings (SSSR count). The minimum Gasteiger partial charge on any atom is -0.472 e. The highest BCUT2D eigenvalue weighted by molar-refractivity contribution is 7.13. The first-order chi connectivity index (χ1) is 10.3. The van der Waals surface area contributed by atoms with Gasteiger partial charge in [0.25, 0.3) is 0 Å². The summed E-state index contributed by atoms with van der Waals surface area (Å²) in [6.07, 6.45) is 3.72. The van der Waals surface area contributed by atoms with Gasteiger partial charge < -0.3 is 14.6 Å². The Kier molecular flexibility index (Phi) is 6.08. The van der Waals surface area contributed by atoms with E-state index in [2.05, 4.69) is 10.3 Å². The maximum absolute atomic E-state index is 12.4. The Morgan fingerprint density at radius 1 is 1.35 bits per heavy atom. The van der Waals surface area contributed by atoms with Crippen molar-refractivity contribution in [2.24, 2.45) is 11.8 Å². The van der Waals surface area contributed by atoms with Gasteiger partial charge in [-0.3, -0.25) is 4.79 Å². The maximum Gasteiger partial charge on any atom is 0.228 e. The van der Waals surface area contributed by atoms with Gasteiger partial charge in [0.2, 0.25) is 5.91 Å². The molecule has 126 valence electrons. The lowest BCUT2D eigenvalue weighted by Gasteiger charge is -2.16. The zero-order valence-electron chi connectivity index (χ0n) is 12.4. The molecular weight excluding hydrogens is 357 g/mol. The molecule has 5 nitrogen and oxygen atoms in total. The molecule has 0 spiro atoms. The molecule has 2 saturated heterocycles. The number of thiazole rings is 1. The van der Waals surface area contributed by atoms with E-state index in [1.54, 1.807) is 23.9 Å². The van der Waals surface area contributed by atoms with E-state index in [0.717, 1.165) is 42.4 Å². The summed E-state index contributed by atoms with van der Waals surface area (Å²) in [6.45, 7) is 3.90. The van der Waals surface area contributed by atoms with Gasteiger partial charge in [0.15, 0.2) is 0 Å². The van der Waals surface area contributed by atoms with Gasteiger partial charge in [-0.25, -0.2) is 4.98 Å². The third-order valence-electron chi connectivity index (χ3n) is 4.39. The number of likely N-dealkylation sites (tertiary alicyclic amines) is 1. The number of carbonyl (C=O) groups is 1. The van der Waals surface area contributed by atoms with Crippen LogP contribution in [0.25, 0.3) is 10.6 Å². The van der Waals surface area contributed by atoms with Gasteiger partial charge in [0.1, 0.15) is 11.3 Å². The Hall–Kier alpha value is -1.08. The number of aromatic nitrogens is 1. The minimum absolute atomic E-state index is 0. The molecule has 1 N–H and O–H groups in total. The van der Waals surface area contributed by atoms with Gasteiger partial charge >= 0.3 is 0 Å². The monoisotopic (exact) mass is 375 g/mol. The molecule has 8 heteroatoms. The Morgan fingerprint density at radius 2 is 2.09 bits per heavy atom. The highest BCUT2D eigenvalue weighted by atomic mass is 35.5. The molecule has 2 aliphatic heterocycles. The summed E-state index contributed by atoms with van der Waals surface area (Å²) in [4.78, 5) is 18.9. The highest BCUT2D eigenvalue weighted by Crippen LogP contribution is 2.28. The number of nitrogens with zero attached hydrogens (tertiary/aromatic N) is 2. The summed E-state index contributed by atoms with van der Waals surface area (Å²) in [7, 11) is 0. The van der Waals surface area contributed by atoms with Crippen molar-refractivity contribution in [2.75, 3.05) is 26.2 Å². The van der Waals surface area contributed by atoms with E-state index in [4.69, 9.17) is 4.42 Å². The molecule has 0 bridgehead atoms. The first kappa shape index (κ1) is 18.3.